The molecule has 1 aliphatic rings. The molecule has 6 nitrogen and oxygen atoms in total. The van der Waals surface area contributed by atoms with Gasteiger partial charge in [-0.05, 0) is 38.4 Å². The Hall–Kier alpha value is -2.25. The van der Waals surface area contributed by atoms with Crippen molar-refractivity contribution in [3.8, 4) is 0 Å². The molecule has 3 heterocycles. The van der Waals surface area contributed by atoms with Gasteiger partial charge in [-0.3, -0.25) is 4.90 Å². The maximum Gasteiger partial charge on any atom is 0.367 e. The predicted molar refractivity (Wildman–Crippen MR) is 99.3 cm³/mol. The van der Waals surface area contributed by atoms with E-state index in [4.69, 9.17) is 9.15 Å². The van der Waals surface area contributed by atoms with E-state index < -0.39 is 0 Å². The zero-order valence-electron chi connectivity index (χ0n) is 14.7. The summed E-state index contributed by atoms with van der Waals surface area (Å²) in [5.41, 5.74) is 2.67. The third kappa shape index (κ3) is 3.64. The lowest BCUT2D eigenvalue weighted by molar-refractivity contribution is 0.0525. The van der Waals surface area contributed by atoms with Crippen molar-refractivity contribution in [1.82, 2.24) is 14.9 Å². The van der Waals surface area contributed by atoms with Crippen molar-refractivity contribution in [2.45, 2.75) is 32.2 Å². The SMILES string of the molecule is CCOC(=O)c1nc(CN2CCC[C@@H](c3nc4ccccc4o3)C2)cs1. The van der Waals surface area contributed by atoms with Crippen molar-refractivity contribution in [2.75, 3.05) is 19.7 Å². The van der Waals surface area contributed by atoms with Crippen LogP contribution in [0.1, 0.15) is 47.1 Å². The van der Waals surface area contributed by atoms with E-state index in [1.165, 1.54) is 11.3 Å². The smallest absolute Gasteiger partial charge is 0.367 e. The lowest BCUT2D eigenvalue weighted by Crippen LogP contribution is -2.34. The van der Waals surface area contributed by atoms with Crippen molar-refractivity contribution >= 4 is 28.4 Å². The van der Waals surface area contributed by atoms with Crippen LogP contribution >= 0.6 is 11.3 Å². The number of rotatable bonds is 5. The third-order valence-corrected chi connectivity index (χ3v) is 5.42. The number of para-hydroxylation sites is 2. The number of fused-ring (bicyclic) bond motifs is 1. The fourth-order valence-corrected chi connectivity index (χ4v) is 4.06. The van der Waals surface area contributed by atoms with Crippen LogP contribution < -0.4 is 0 Å². The summed E-state index contributed by atoms with van der Waals surface area (Å²) >= 11 is 1.34. The van der Waals surface area contributed by atoms with Crippen LogP contribution in [-0.2, 0) is 11.3 Å². The minimum Gasteiger partial charge on any atom is -0.461 e. The molecule has 1 atom stereocenters. The molecule has 0 radical (unpaired) electrons. The van der Waals surface area contributed by atoms with Gasteiger partial charge in [0.15, 0.2) is 11.5 Å². The monoisotopic (exact) mass is 371 g/mol. The summed E-state index contributed by atoms with van der Waals surface area (Å²) < 4.78 is 11.0. The van der Waals surface area contributed by atoms with Crippen LogP contribution in [0.15, 0.2) is 34.1 Å². The number of likely N-dealkylation sites (tertiary alicyclic amines) is 1. The topological polar surface area (TPSA) is 68.5 Å². The largest absolute Gasteiger partial charge is 0.461 e. The van der Waals surface area contributed by atoms with E-state index in [0.717, 1.165) is 55.2 Å². The van der Waals surface area contributed by atoms with Gasteiger partial charge in [-0.1, -0.05) is 12.1 Å². The van der Waals surface area contributed by atoms with Gasteiger partial charge >= 0.3 is 5.97 Å². The number of piperidine rings is 1. The Morgan fingerprint density at radius 3 is 3.12 bits per heavy atom. The van der Waals surface area contributed by atoms with Gasteiger partial charge in [0.2, 0.25) is 5.01 Å². The van der Waals surface area contributed by atoms with Gasteiger partial charge in [0.1, 0.15) is 5.52 Å². The van der Waals surface area contributed by atoms with Crippen LogP contribution in [0, 0.1) is 0 Å². The highest BCUT2D eigenvalue weighted by atomic mass is 32.1. The maximum atomic E-state index is 11.8. The van der Waals surface area contributed by atoms with E-state index in [1.54, 1.807) is 6.92 Å². The minimum atomic E-state index is -0.341. The number of carbonyl (C=O) groups excluding carboxylic acids is 1. The molecule has 7 heteroatoms. The summed E-state index contributed by atoms with van der Waals surface area (Å²) in [7, 11) is 0. The fourth-order valence-electron chi connectivity index (χ4n) is 3.36. The molecule has 1 fully saturated rings. The third-order valence-electron chi connectivity index (χ3n) is 4.55. The van der Waals surface area contributed by atoms with E-state index in [1.807, 2.05) is 29.6 Å². The molecule has 1 aromatic carbocycles. The lowest BCUT2D eigenvalue weighted by atomic mass is 9.98. The van der Waals surface area contributed by atoms with Crippen LogP contribution in [0.3, 0.4) is 0 Å². The van der Waals surface area contributed by atoms with Crippen LogP contribution in [0.5, 0.6) is 0 Å². The molecule has 0 bridgehead atoms. The standard InChI is InChI=1S/C19H21N3O3S/c1-2-24-19(23)18-20-14(12-26-18)11-22-9-5-6-13(10-22)17-21-15-7-3-4-8-16(15)25-17/h3-4,7-8,12-13H,2,5-6,9-11H2,1H3/t13-/m1/s1. The summed E-state index contributed by atoms with van der Waals surface area (Å²) in [6, 6.07) is 7.88. The summed E-state index contributed by atoms with van der Waals surface area (Å²) in [6.07, 6.45) is 2.17. The summed E-state index contributed by atoms with van der Waals surface area (Å²) in [5, 5.41) is 2.37. The Labute approximate surface area is 155 Å². The molecule has 0 saturated carbocycles. The number of nitrogens with zero attached hydrogens (tertiary/aromatic N) is 3. The second-order valence-corrected chi connectivity index (χ2v) is 7.32. The van der Waals surface area contributed by atoms with E-state index >= 15 is 0 Å². The number of benzene rings is 1. The highest BCUT2D eigenvalue weighted by Gasteiger charge is 2.26. The second-order valence-electron chi connectivity index (χ2n) is 6.46. The Kier molecular flexibility index (Phi) is 4.99. The Balaban J connectivity index is 1.43. The van der Waals surface area contributed by atoms with Gasteiger partial charge in [-0.2, -0.15) is 0 Å². The molecule has 1 saturated heterocycles. The van der Waals surface area contributed by atoms with E-state index in [9.17, 15) is 4.79 Å². The average Bonchev–Trinajstić information content (AvgIpc) is 3.29. The number of thiazole rings is 1. The zero-order chi connectivity index (χ0) is 17.9. The Bertz CT molecular complexity index is 871. The number of hydrogen-bond acceptors (Lipinski definition) is 7. The Morgan fingerprint density at radius 1 is 1.38 bits per heavy atom. The number of hydrogen-bond donors (Lipinski definition) is 0. The van der Waals surface area contributed by atoms with Gasteiger partial charge in [0.05, 0.1) is 12.3 Å². The lowest BCUT2D eigenvalue weighted by Gasteiger charge is -2.30. The van der Waals surface area contributed by atoms with Gasteiger partial charge in [0.25, 0.3) is 0 Å². The van der Waals surface area contributed by atoms with E-state index in [0.29, 0.717) is 17.5 Å². The first kappa shape index (κ1) is 17.2. The van der Waals surface area contributed by atoms with E-state index in [-0.39, 0.29) is 5.97 Å². The van der Waals surface area contributed by atoms with E-state index in [2.05, 4.69) is 14.9 Å². The number of carbonyl (C=O) groups is 1. The molecule has 0 N–H and O–H groups in total. The zero-order valence-corrected chi connectivity index (χ0v) is 15.5. The minimum absolute atomic E-state index is 0.291. The molecule has 2 aromatic heterocycles. The first-order valence-electron chi connectivity index (χ1n) is 8.92. The van der Waals surface area contributed by atoms with Gasteiger partial charge in [-0.15, -0.1) is 11.3 Å². The first-order chi connectivity index (χ1) is 12.7. The molecular formula is C19H21N3O3S. The van der Waals surface area contributed by atoms with Crippen LogP contribution in [0.25, 0.3) is 11.1 Å². The molecule has 0 unspecified atom stereocenters. The first-order valence-corrected chi connectivity index (χ1v) is 9.80. The highest BCUT2D eigenvalue weighted by molar-refractivity contribution is 7.11. The predicted octanol–water partition coefficient (Wildman–Crippen LogP) is 3.84. The van der Waals surface area contributed by atoms with Crippen molar-refractivity contribution in [3.63, 3.8) is 0 Å². The van der Waals surface area contributed by atoms with Crippen LogP contribution in [-0.4, -0.2) is 40.5 Å². The van der Waals surface area contributed by atoms with Crippen LogP contribution in [0.4, 0.5) is 0 Å². The van der Waals surface area contributed by atoms with Crippen molar-refractivity contribution in [3.05, 3.63) is 46.2 Å². The van der Waals surface area contributed by atoms with Crippen molar-refractivity contribution in [1.29, 1.82) is 0 Å². The van der Waals surface area contributed by atoms with Gasteiger partial charge in [-0.25, -0.2) is 14.8 Å². The summed E-state index contributed by atoms with van der Waals surface area (Å²) in [4.78, 5) is 23.2. The number of esters is 1. The molecule has 0 aliphatic carbocycles. The highest BCUT2D eigenvalue weighted by Crippen LogP contribution is 2.29. The summed E-state index contributed by atoms with van der Waals surface area (Å²) in [6.45, 7) is 4.80. The molecule has 0 amide bonds. The normalized spacial score (nSPS) is 18.3. The number of oxazole rings is 1. The van der Waals surface area contributed by atoms with Crippen molar-refractivity contribution < 1.29 is 13.9 Å². The molecule has 3 aromatic rings. The molecule has 26 heavy (non-hydrogen) atoms. The number of aromatic nitrogens is 2. The average molecular weight is 371 g/mol. The van der Waals surface area contributed by atoms with Gasteiger partial charge in [0, 0.05) is 24.4 Å². The van der Waals surface area contributed by atoms with Crippen LogP contribution in [0.2, 0.25) is 0 Å². The number of ether oxygens (including phenoxy) is 1. The molecule has 0 spiro atoms. The molecular weight excluding hydrogens is 350 g/mol. The maximum absolute atomic E-state index is 11.8. The quantitative estimate of drug-likeness (QED) is 0.635. The van der Waals surface area contributed by atoms with Gasteiger partial charge < -0.3 is 9.15 Å². The molecule has 1 aliphatic heterocycles. The Morgan fingerprint density at radius 2 is 2.27 bits per heavy atom. The second kappa shape index (κ2) is 7.55. The van der Waals surface area contributed by atoms with Crippen molar-refractivity contribution in [2.24, 2.45) is 0 Å². The molecule has 136 valence electrons. The fraction of sp³-hybridized carbons (Fsp3) is 0.421. The summed E-state index contributed by atoms with van der Waals surface area (Å²) in [5.74, 6) is 0.771. The molecule has 4 rings (SSSR count).